The number of hydrogen-bond acceptors (Lipinski definition) is 32. The van der Waals surface area contributed by atoms with Gasteiger partial charge in [0.15, 0.2) is 5.95 Å². The number of ether oxygens (including phenoxy) is 3. The van der Waals surface area contributed by atoms with Crippen LogP contribution in [0.4, 0.5) is 35.7 Å². The van der Waals surface area contributed by atoms with E-state index in [1.165, 1.54) is 85.7 Å². The number of amides is 1. The largest absolute Gasteiger partial charge is 1.00 e. The van der Waals surface area contributed by atoms with E-state index in [2.05, 4.69) is 104 Å². The summed E-state index contributed by atoms with van der Waals surface area (Å²) in [6.45, 7) is 30.2. The topological polar surface area (TPSA) is 542 Å². The molecule has 0 spiro atoms. The number of carbonyl (C=O) groups is 2. The zero-order valence-electron chi connectivity index (χ0n) is 78.2. The van der Waals surface area contributed by atoms with Crippen LogP contribution in [0.5, 0.6) is 0 Å². The first-order valence-corrected chi connectivity index (χ1v) is 41.0. The summed E-state index contributed by atoms with van der Waals surface area (Å²) in [5, 5.41) is 46.5. The third-order valence-electron chi connectivity index (χ3n) is 15.7. The summed E-state index contributed by atoms with van der Waals surface area (Å²) in [6, 6.07) is 8.47. The van der Waals surface area contributed by atoms with Crippen LogP contribution in [0, 0.1) is 6.57 Å². The van der Waals surface area contributed by atoms with Crippen LogP contribution in [0.25, 0.3) is 4.85 Å². The molecule has 1 fully saturated rings. The molecule has 0 aromatic carbocycles. The number of aliphatic hydroxyl groups is 5. The number of aliphatic imine (C=N–C) groups is 4. The van der Waals surface area contributed by atoms with Crippen LogP contribution in [0.1, 0.15) is 116 Å². The van der Waals surface area contributed by atoms with Gasteiger partial charge in [0.05, 0.1) is 108 Å². The molecule has 0 radical (unpaired) electrons. The van der Waals surface area contributed by atoms with Crippen molar-refractivity contribution in [1.29, 1.82) is 0 Å². The van der Waals surface area contributed by atoms with Gasteiger partial charge in [0.25, 0.3) is 41.9 Å². The van der Waals surface area contributed by atoms with Gasteiger partial charge < -0.3 is 114 Å². The molecule has 7 heterocycles. The van der Waals surface area contributed by atoms with E-state index in [-0.39, 0.29) is 133 Å². The summed E-state index contributed by atoms with van der Waals surface area (Å²) in [7, 11) is 21.4. The number of nitrogens with zero attached hydrogens (tertiary/aromatic N) is 22. The van der Waals surface area contributed by atoms with Crippen molar-refractivity contribution in [2.24, 2.45) is 20.0 Å². The Bertz CT molecular complexity index is 4390. The third-order valence-corrected chi connectivity index (χ3v) is 17.9. The SMILES string of the molecule is CC[C@@H](O)Cn1ccc(=O)nc1N.CC[C@@H](O)Cn1ccc(=O)nc1N=CN(C)C.CC[C@@H]1CO1.CC[C@H](Cn1ccc(=O)nc1N=CN(C)C)OC(=O)CCC(=O)NC.CN(C)C=Nc1nc(=O)ccn1C[C@H](O)CO.CO.COC(C)N(C)C.Nc1nccc(=O)[nH]1.[C-]#[N+]CCOP(O[C@H](CC)Cn1ccc(=O)nc1N=CN(C)C)N(C(C)C)C(C)C.[H-].[Na+]. The molecule has 1 aliphatic heterocycles. The fourth-order valence-electron chi connectivity index (χ4n) is 8.76. The summed E-state index contributed by atoms with van der Waals surface area (Å²) in [5.41, 5.74) is 8.52. The number of aliphatic hydroxyl groups excluding tert-OH is 5. The normalized spacial score (nSPS) is 13.4. The number of carbonyl (C=O) groups excluding carboxylic acids is 2. The molecule has 1 amide bonds. The van der Waals surface area contributed by atoms with Crippen LogP contribution in [0.2, 0.25) is 0 Å². The standard InChI is InChI=1S/C20H35N6O3P.C16H25N5O4.C11H18N4O2.C10H16N4O3.C8H13N3O2.C5H13NO.C4H5N3O.C4H8O.CH4O.Na.H/c1-9-18(14-25-12-10-19(27)23-20(25)22-15-24(7)8)29-30(28-13-11-21-6)26(16(2)3)17(4)5;1-5-12(25-15(24)7-6-13(22)17-2)10-21-9-8-14(23)19-16(21)18-11-20(3)4;1-4-9(16)7-15-6-5-10(17)13-11(15)12-8-14(2)3;1-13(2)7-11-10-12-9(17)3-4-14(10)5-8(16)6-15;1-2-6(12)5-11-4-3-7(13)10-8(11)9;1-5(7-4)6(2)3;5-4-6-2-1-3(8)7-4;1-2-4-3-5-4;1-2;;/h10,12,15-18H,9,11,13-14H2,1-5,7-8H3;8-9,11-12H,5-7,10H2,1-4H3,(H,17,22);5-6,8-9,16H,4,7H2,1-3H3;3-4,7-8,15-16H,5-6H2,1-2H3;3-4,6,12H,2,5H2,1H3,(H2,9,10,13);5H,1-4H3;1-2H,(H3,5,6,7,8);4H,2-3H2,1H3;2H,1H3;;/q;;;;;;;;;+1;-1/t18-,30?;12-;9-;8-;6-;;;4-;;;/m11101..1.../s1. The number of nitrogens with one attached hydrogen (secondary N) is 2. The average molecular weight is 1790 g/mol. The van der Waals surface area contributed by atoms with Gasteiger partial charge in [0.2, 0.25) is 42.2 Å². The fraction of sp³-hybridized carbons (Fsp3) is 0.608. The predicted molar refractivity (Wildman–Crippen MR) is 484 cm³/mol. The molecule has 0 saturated carbocycles. The molecule has 2 unspecified atom stereocenters. The van der Waals surface area contributed by atoms with Gasteiger partial charge in [-0.3, -0.25) is 48.2 Å². The van der Waals surface area contributed by atoms with Crippen molar-refractivity contribution in [2.45, 2.75) is 202 Å². The molecule has 6 aromatic heterocycles. The maximum absolute atomic E-state index is 11.9. The Balaban J connectivity index is -0.000000704. The molecule has 8 atom stereocenters. The van der Waals surface area contributed by atoms with Gasteiger partial charge in [-0.2, -0.15) is 24.9 Å². The van der Waals surface area contributed by atoms with E-state index in [0.717, 1.165) is 20.1 Å². The summed E-state index contributed by atoms with van der Waals surface area (Å²) in [4.78, 5) is 143. The van der Waals surface area contributed by atoms with Gasteiger partial charge in [-0.15, -0.1) is 0 Å². The van der Waals surface area contributed by atoms with Gasteiger partial charge in [0, 0.05) is 170 Å². The molecule has 125 heavy (non-hydrogen) atoms. The summed E-state index contributed by atoms with van der Waals surface area (Å²) < 4.78 is 38.0. The molecular weight excluding hydrogens is 1650 g/mol. The van der Waals surface area contributed by atoms with Crippen molar-refractivity contribution in [3.63, 3.8) is 0 Å². The Morgan fingerprint density at radius 3 is 1.28 bits per heavy atom. The number of rotatable bonds is 38. The van der Waals surface area contributed by atoms with Crippen LogP contribution < -0.4 is 79.7 Å². The monoisotopic (exact) mass is 1790 g/mol. The first-order chi connectivity index (χ1) is 58.6. The second-order valence-corrected chi connectivity index (χ2v) is 29.7. The molecule has 1 aliphatic rings. The molecule has 1 saturated heterocycles. The van der Waals surface area contributed by atoms with E-state index in [1.54, 1.807) is 99.9 Å². The van der Waals surface area contributed by atoms with E-state index >= 15 is 0 Å². The van der Waals surface area contributed by atoms with Crippen molar-refractivity contribution in [3.05, 3.63) is 147 Å². The molecule has 698 valence electrons. The molecule has 44 nitrogen and oxygen atoms in total. The number of aromatic nitrogens is 12. The molecular formula is C79H138N26NaO18P. The van der Waals surface area contributed by atoms with Crippen molar-refractivity contribution in [2.75, 3.05) is 130 Å². The van der Waals surface area contributed by atoms with Crippen molar-refractivity contribution in [1.82, 2.24) is 92.2 Å². The number of nitrogens with two attached hydrogens (primary N) is 2. The van der Waals surface area contributed by atoms with E-state index in [0.29, 0.717) is 76.6 Å². The quantitative estimate of drug-likeness (QED) is 0.00282. The van der Waals surface area contributed by atoms with Gasteiger partial charge in [-0.1, -0.05) is 34.6 Å². The Morgan fingerprint density at radius 2 is 0.992 bits per heavy atom. The predicted octanol–water partition coefficient (Wildman–Crippen LogP) is -0.0832. The Morgan fingerprint density at radius 1 is 0.616 bits per heavy atom. The number of methoxy groups -OCH3 is 1. The smallest absolute Gasteiger partial charge is 1.00 e. The van der Waals surface area contributed by atoms with E-state index < -0.39 is 50.0 Å². The number of epoxide rings is 1. The summed E-state index contributed by atoms with van der Waals surface area (Å²) in [6.07, 6.45) is 17.8. The minimum atomic E-state index is -1.34. The van der Waals surface area contributed by atoms with Crippen molar-refractivity contribution < 1.29 is 89.4 Å². The van der Waals surface area contributed by atoms with Crippen LogP contribution in [0.3, 0.4) is 0 Å². The number of nitrogen functional groups attached to an aromatic ring is 2. The zero-order valence-corrected chi connectivity index (χ0v) is 80.1. The number of H-pyrrole nitrogens is 1. The molecule has 0 bridgehead atoms. The molecule has 0 aliphatic carbocycles. The second-order valence-electron chi connectivity index (χ2n) is 28.3. The first kappa shape index (κ1) is 119. The van der Waals surface area contributed by atoms with Crippen LogP contribution >= 0.6 is 8.53 Å². The zero-order chi connectivity index (χ0) is 94.6. The second kappa shape index (κ2) is 69.4. The molecule has 7 rings (SSSR count). The number of aromatic amines is 1. The molecule has 46 heteroatoms. The van der Waals surface area contributed by atoms with Crippen LogP contribution in [0.15, 0.2) is 122 Å². The third kappa shape index (κ3) is 57.4. The van der Waals surface area contributed by atoms with Crippen molar-refractivity contribution in [3.8, 4) is 0 Å². The summed E-state index contributed by atoms with van der Waals surface area (Å²) in [5.74, 6) is 0.703. The van der Waals surface area contributed by atoms with Gasteiger partial charge in [-0.25, -0.2) is 36.2 Å². The fourth-order valence-corrected chi connectivity index (χ4v) is 10.5. The minimum absolute atomic E-state index is 0. The number of hydrogen-bond donors (Lipinski definition) is 9. The Kier molecular flexibility index (Phi) is 66.2. The van der Waals surface area contributed by atoms with E-state index in [4.69, 9.17) is 51.5 Å². The number of esters is 1. The minimum Gasteiger partial charge on any atom is -1.00 e. The average Bonchev–Trinajstić information content (AvgIpc) is 1.98. The van der Waals surface area contributed by atoms with E-state index in [1.807, 2.05) is 86.4 Å². The Hall–Kier alpha value is -9.82. The first-order valence-electron chi connectivity index (χ1n) is 39.9. The maximum Gasteiger partial charge on any atom is 1.00 e. The van der Waals surface area contributed by atoms with Gasteiger partial charge in [0.1, 0.15) is 18.9 Å². The van der Waals surface area contributed by atoms with Crippen LogP contribution in [-0.2, 0) is 65.6 Å². The number of anilines is 2. The van der Waals surface area contributed by atoms with Crippen LogP contribution in [-0.4, -0.2) is 323 Å². The Labute approximate surface area is 757 Å². The molecule has 11 N–H and O–H groups in total. The molecule has 6 aromatic rings. The van der Waals surface area contributed by atoms with Crippen molar-refractivity contribution >= 4 is 81.4 Å². The maximum atomic E-state index is 11.9. The van der Waals surface area contributed by atoms with Gasteiger partial charge in [-0.05, 0) is 80.8 Å². The summed E-state index contributed by atoms with van der Waals surface area (Å²) >= 11 is 0. The van der Waals surface area contributed by atoms with E-state index in [9.17, 15) is 53.7 Å². The van der Waals surface area contributed by atoms with Gasteiger partial charge >= 0.3 is 35.5 Å².